The molecule has 0 spiro atoms. The molecule has 0 aromatic carbocycles. The summed E-state index contributed by atoms with van der Waals surface area (Å²) >= 11 is 3.22. The van der Waals surface area contributed by atoms with Gasteiger partial charge < -0.3 is 9.88 Å². The number of nitrogens with zero attached hydrogens (tertiary/aromatic N) is 3. The molecule has 1 saturated heterocycles. The van der Waals surface area contributed by atoms with Gasteiger partial charge in [0.1, 0.15) is 21.9 Å². The van der Waals surface area contributed by atoms with Gasteiger partial charge in [-0.2, -0.15) is 0 Å². The Labute approximate surface area is 170 Å². The molecule has 6 nitrogen and oxygen atoms in total. The molecule has 1 aliphatic carbocycles. The second-order valence-corrected chi connectivity index (χ2v) is 9.28. The van der Waals surface area contributed by atoms with Crippen molar-refractivity contribution in [1.82, 2.24) is 19.9 Å². The lowest BCUT2D eigenvalue weighted by Crippen LogP contribution is -2.27. The van der Waals surface area contributed by atoms with Crippen molar-refractivity contribution in [3.8, 4) is 0 Å². The molecular weight excluding hydrogens is 392 g/mol. The van der Waals surface area contributed by atoms with E-state index in [9.17, 15) is 9.59 Å². The lowest BCUT2D eigenvalue weighted by Gasteiger charge is -2.13. The zero-order chi connectivity index (χ0) is 19.1. The van der Waals surface area contributed by atoms with Crippen LogP contribution in [0, 0.1) is 0 Å². The van der Waals surface area contributed by atoms with Gasteiger partial charge >= 0.3 is 0 Å². The third kappa shape index (κ3) is 3.14. The van der Waals surface area contributed by atoms with Crippen molar-refractivity contribution in [2.24, 2.45) is 0 Å². The lowest BCUT2D eigenvalue weighted by molar-refractivity contribution is 0.0787. The molecule has 3 aromatic rings. The monoisotopic (exact) mass is 412 g/mol. The highest BCUT2D eigenvalue weighted by Crippen LogP contribution is 2.40. The first-order valence-corrected chi connectivity index (χ1v) is 11.4. The number of thiophene rings is 1. The summed E-state index contributed by atoms with van der Waals surface area (Å²) in [5.74, 6) is 0.280. The number of Topliss-reactive ketones (excluding diaryl/α,β-unsaturated/α-hetero) is 1. The molecule has 1 amide bonds. The second kappa shape index (κ2) is 7.33. The first-order chi connectivity index (χ1) is 13.7. The summed E-state index contributed by atoms with van der Waals surface area (Å²) in [6.45, 7) is 1.59. The molecule has 0 unspecified atom stereocenters. The van der Waals surface area contributed by atoms with Gasteiger partial charge in [-0.15, -0.1) is 11.3 Å². The fraction of sp³-hybridized carbons (Fsp3) is 0.400. The summed E-state index contributed by atoms with van der Waals surface area (Å²) in [5.41, 5.74) is 2.42. The Bertz CT molecular complexity index is 1070. The summed E-state index contributed by atoms with van der Waals surface area (Å²) < 4.78 is 0. The van der Waals surface area contributed by atoms with E-state index in [0.717, 1.165) is 54.0 Å². The Morgan fingerprint density at radius 2 is 2.04 bits per heavy atom. The number of H-pyrrole nitrogens is 1. The molecule has 28 heavy (non-hydrogen) atoms. The number of nitrogens with one attached hydrogen (secondary N) is 1. The van der Waals surface area contributed by atoms with E-state index in [1.165, 1.54) is 28.6 Å². The van der Waals surface area contributed by atoms with E-state index in [2.05, 4.69) is 15.0 Å². The van der Waals surface area contributed by atoms with Crippen molar-refractivity contribution < 1.29 is 9.59 Å². The molecule has 2 aliphatic rings. The van der Waals surface area contributed by atoms with E-state index in [0.29, 0.717) is 17.0 Å². The SMILES string of the molecule is O=C(CSc1ncnc2sc3c(c12)CCC3)c1c[nH]c(C(=O)N2CCCC2)c1. The van der Waals surface area contributed by atoms with Gasteiger partial charge in [0, 0.05) is 35.1 Å². The maximum Gasteiger partial charge on any atom is 0.270 e. The quantitative estimate of drug-likeness (QED) is 0.393. The molecule has 0 atom stereocenters. The van der Waals surface area contributed by atoms with Crippen molar-refractivity contribution in [1.29, 1.82) is 0 Å². The lowest BCUT2D eigenvalue weighted by atomic mass is 10.2. The Morgan fingerprint density at radius 1 is 1.18 bits per heavy atom. The average molecular weight is 413 g/mol. The number of hydrogen-bond donors (Lipinski definition) is 1. The van der Waals surface area contributed by atoms with Crippen molar-refractivity contribution in [2.45, 2.75) is 37.1 Å². The largest absolute Gasteiger partial charge is 0.356 e. The van der Waals surface area contributed by atoms with Crippen LogP contribution in [0.5, 0.6) is 0 Å². The van der Waals surface area contributed by atoms with Crippen LogP contribution in [-0.2, 0) is 12.8 Å². The molecule has 0 bridgehead atoms. The van der Waals surface area contributed by atoms with Gasteiger partial charge in [0.15, 0.2) is 5.78 Å². The fourth-order valence-corrected chi connectivity index (χ4v) is 6.21. The summed E-state index contributed by atoms with van der Waals surface area (Å²) in [6.07, 6.45) is 8.71. The van der Waals surface area contributed by atoms with Crippen molar-refractivity contribution in [3.05, 3.63) is 40.3 Å². The molecular formula is C20H20N4O2S2. The number of amides is 1. The topological polar surface area (TPSA) is 79.0 Å². The van der Waals surface area contributed by atoms with Crippen LogP contribution in [0.2, 0.25) is 0 Å². The second-order valence-electron chi connectivity index (χ2n) is 7.23. The van der Waals surface area contributed by atoms with Crippen LogP contribution in [-0.4, -0.2) is 50.4 Å². The fourth-order valence-electron chi connectivity index (χ4n) is 4.00. The smallest absolute Gasteiger partial charge is 0.270 e. The molecule has 8 heteroatoms. The minimum atomic E-state index is -0.0180. The maximum atomic E-state index is 12.7. The number of carbonyl (C=O) groups is 2. The van der Waals surface area contributed by atoms with Crippen molar-refractivity contribution in [3.63, 3.8) is 0 Å². The molecule has 1 fully saturated rings. The molecule has 0 radical (unpaired) electrons. The highest BCUT2D eigenvalue weighted by Gasteiger charge is 2.23. The Hall–Kier alpha value is -2.19. The number of ketones is 1. The Balaban J connectivity index is 1.31. The molecule has 4 heterocycles. The summed E-state index contributed by atoms with van der Waals surface area (Å²) in [7, 11) is 0. The van der Waals surface area contributed by atoms with E-state index >= 15 is 0 Å². The van der Waals surface area contributed by atoms with Gasteiger partial charge in [-0.3, -0.25) is 9.59 Å². The average Bonchev–Trinajstić information content (AvgIpc) is 3.49. The molecule has 144 valence electrons. The van der Waals surface area contributed by atoms with Gasteiger partial charge in [0.2, 0.25) is 0 Å². The number of aromatic amines is 1. The predicted molar refractivity (Wildman–Crippen MR) is 110 cm³/mol. The van der Waals surface area contributed by atoms with Gasteiger partial charge in [-0.1, -0.05) is 11.8 Å². The molecule has 3 aromatic heterocycles. The van der Waals surface area contributed by atoms with Crippen LogP contribution < -0.4 is 0 Å². The standard InChI is InChI=1S/C20H20N4O2S2/c25-15(12-8-14(21-9-12)20(26)24-6-1-2-7-24)10-27-18-17-13-4-3-5-16(13)28-19(17)23-11-22-18/h8-9,11,21H,1-7,10H2. The number of aryl methyl sites for hydroxylation is 2. The van der Waals surface area contributed by atoms with E-state index in [1.807, 2.05) is 4.90 Å². The number of rotatable bonds is 5. The number of likely N-dealkylation sites (tertiary alicyclic amines) is 1. The van der Waals surface area contributed by atoms with Gasteiger partial charge in [0.25, 0.3) is 5.91 Å². The third-order valence-electron chi connectivity index (χ3n) is 5.44. The van der Waals surface area contributed by atoms with Crippen molar-refractivity contribution in [2.75, 3.05) is 18.8 Å². The van der Waals surface area contributed by atoms with Gasteiger partial charge in [-0.05, 0) is 43.7 Å². The normalized spacial score (nSPS) is 16.1. The first-order valence-electron chi connectivity index (χ1n) is 9.59. The minimum Gasteiger partial charge on any atom is -0.356 e. The van der Waals surface area contributed by atoms with Crippen LogP contribution in [0.3, 0.4) is 0 Å². The number of aromatic nitrogens is 3. The summed E-state index contributed by atoms with van der Waals surface area (Å²) in [5, 5.41) is 2.03. The number of hydrogen-bond acceptors (Lipinski definition) is 6. The number of thioether (sulfide) groups is 1. The predicted octanol–water partition coefficient (Wildman–Crippen LogP) is 3.72. The highest BCUT2D eigenvalue weighted by atomic mass is 32.2. The molecule has 0 saturated carbocycles. The van der Waals surface area contributed by atoms with Gasteiger partial charge in [0.05, 0.1) is 5.75 Å². The number of fused-ring (bicyclic) bond motifs is 3. The third-order valence-corrected chi connectivity index (χ3v) is 7.62. The van der Waals surface area contributed by atoms with Crippen molar-refractivity contribution >= 4 is 45.0 Å². The Kier molecular flexibility index (Phi) is 4.68. The molecule has 1 aliphatic heterocycles. The van der Waals surface area contributed by atoms with Crippen LogP contribution in [0.4, 0.5) is 0 Å². The Morgan fingerprint density at radius 3 is 2.89 bits per heavy atom. The molecule has 1 N–H and O–H groups in total. The highest BCUT2D eigenvalue weighted by molar-refractivity contribution is 8.00. The zero-order valence-electron chi connectivity index (χ0n) is 15.4. The summed E-state index contributed by atoms with van der Waals surface area (Å²) in [4.78, 5) is 41.2. The van der Waals surface area contributed by atoms with Crippen LogP contribution in [0.1, 0.15) is 50.5 Å². The van der Waals surface area contributed by atoms with E-state index in [-0.39, 0.29) is 11.7 Å². The summed E-state index contributed by atoms with van der Waals surface area (Å²) in [6, 6.07) is 1.68. The van der Waals surface area contributed by atoms with Crippen LogP contribution >= 0.6 is 23.1 Å². The minimum absolute atomic E-state index is 0.000333. The number of carbonyl (C=O) groups excluding carboxylic acids is 2. The maximum absolute atomic E-state index is 12.7. The zero-order valence-corrected chi connectivity index (χ0v) is 17.0. The molecule has 5 rings (SSSR count). The van der Waals surface area contributed by atoms with E-state index in [4.69, 9.17) is 0 Å². The first kappa shape index (κ1) is 17.9. The van der Waals surface area contributed by atoms with E-state index < -0.39 is 0 Å². The van der Waals surface area contributed by atoms with Crippen LogP contribution in [0.25, 0.3) is 10.2 Å². The van der Waals surface area contributed by atoms with Crippen LogP contribution in [0.15, 0.2) is 23.6 Å². The van der Waals surface area contributed by atoms with Gasteiger partial charge in [-0.25, -0.2) is 9.97 Å². The van der Waals surface area contributed by atoms with E-state index in [1.54, 1.807) is 29.9 Å².